The number of rotatable bonds is 4. The zero-order valence-corrected chi connectivity index (χ0v) is 10.6. The predicted molar refractivity (Wildman–Crippen MR) is 67.0 cm³/mol. The third kappa shape index (κ3) is 3.77. The van der Waals surface area contributed by atoms with Crippen molar-refractivity contribution in [1.29, 1.82) is 0 Å². The smallest absolute Gasteiger partial charge is 0.294 e. The fraction of sp³-hybridized carbons (Fsp3) is 0.0769. The highest BCUT2D eigenvalue weighted by Crippen LogP contribution is 2.18. The first-order valence-electron chi connectivity index (χ1n) is 5.40. The van der Waals surface area contributed by atoms with Gasteiger partial charge in [-0.3, -0.25) is 4.55 Å². The Balaban J connectivity index is 2.10. The molecule has 4 nitrogen and oxygen atoms in total. The third-order valence-electron chi connectivity index (χ3n) is 2.42. The van der Waals surface area contributed by atoms with Crippen molar-refractivity contribution in [3.63, 3.8) is 0 Å². The largest absolute Gasteiger partial charge is 0.489 e. The van der Waals surface area contributed by atoms with Crippen molar-refractivity contribution in [2.24, 2.45) is 0 Å². The molecule has 6 heteroatoms. The van der Waals surface area contributed by atoms with Crippen LogP contribution in [0.1, 0.15) is 5.56 Å². The third-order valence-corrected chi connectivity index (χ3v) is 3.27. The first kappa shape index (κ1) is 13.5. The van der Waals surface area contributed by atoms with E-state index in [4.69, 9.17) is 9.29 Å². The van der Waals surface area contributed by atoms with Gasteiger partial charge in [-0.15, -0.1) is 0 Å². The fourth-order valence-corrected chi connectivity index (χ4v) is 1.99. The average molecular weight is 282 g/mol. The van der Waals surface area contributed by atoms with Gasteiger partial charge in [-0.05, 0) is 29.8 Å². The van der Waals surface area contributed by atoms with Gasteiger partial charge in [0, 0.05) is 6.07 Å². The minimum Gasteiger partial charge on any atom is -0.489 e. The zero-order chi connectivity index (χ0) is 13.9. The maximum atomic E-state index is 12.7. The minimum absolute atomic E-state index is 0.176. The summed E-state index contributed by atoms with van der Waals surface area (Å²) in [7, 11) is -4.24. The molecule has 0 unspecified atom stereocenters. The van der Waals surface area contributed by atoms with Crippen LogP contribution in [0.4, 0.5) is 4.39 Å². The van der Waals surface area contributed by atoms with Gasteiger partial charge in [0.25, 0.3) is 10.1 Å². The van der Waals surface area contributed by atoms with E-state index in [0.717, 1.165) is 5.56 Å². The molecule has 0 atom stereocenters. The molecule has 1 N–H and O–H groups in total. The average Bonchev–Trinajstić information content (AvgIpc) is 2.37. The van der Waals surface area contributed by atoms with Crippen LogP contribution in [0.25, 0.3) is 0 Å². The van der Waals surface area contributed by atoms with Crippen molar-refractivity contribution in [2.75, 3.05) is 0 Å². The second-order valence-corrected chi connectivity index (χ2v) is 5.29. The summed E-state index contributed by atoms with van der Waals surface area (Å²) in [6.07, 6.45) is 0. The predicted octanol–water partition coefficient (Wildman–Crippen LogP) is 2.65. The summed E-state index contributed by atoms with van der Waals surface area (Å²) in [6, 6.07) is 11.3. The van der Waals surface area contributed by atoms with Crippen molar-refractivity contribution in [3.05, 3.63) is 59.9 Å². The second kappa shape index (κ2) is 5.38. The van der Waals surface area contributed by atoms with E-state index >= 15 is 0 Å². The summed E-state index contributed by atoms with van der Waals surface area (Å²) < 4.78 is 48.9. The Bertz CT molecular complexity index is 665. The summed E-state index contributed by atoms with van der Waals surface area (Å²) in [4.78, 5) is -0.232. The molecule has 0 radical (unpaired) electrons. The molecule has 0 heterocycles. The van der Waals surface area contributed by atoms with Crippen LogP contribution >= 0.6 is 0 Å². The van der Waals surface area contributed by atoms with Crippen molar-refractivity contribution in [1.82, 2.24) is 0 Å². The number of ether oxygens (including phenoxy) is 1. The summed E-state index contributed by atoms with van der Waals surface area (Å²) >= 11 is 0. The van der Waals surface area contributed by atoms with Gasteiger partial charge < -0.3 is 4.74 Å². The molecule has 2 aromatic rings. The number of benzene rings is 2. The van der Waals surface area contributed by atoms with Crippen LogP contribution in [-0.2, 0) is 16.7 Å². The molecule has 2 aromatic carbocycles. The maximum absolute atomic E-state index is 12.7. The van der Waals surface area contributed by atoms with Crippen LogP contribution in [0, 0.1) is 5.82 Å². The highest BCUT2D eigenvalue weighted by atomic mass is 32.2. The summed E-state index contributed by atoms with van der Waals surface area (Å²) in [5.41, 5.74) is 0.749. The van der Waals surface area contributed by atoms with Gasteiger partial charge in [0.1, 0.15) is 18.2 Å². The zero-order valence-electron chi connectivity index (χ0n) is 9.78. The van der Waals surface area contributed by atoms with E-state index < -0.39 is 10.1 Å². The summed E-state index contributed by atoms with van der Waals surface area (Å²) in [5.74, 6) is -0.0310. The lowest BCUT2D eigenvalue weighted by atomic mass is 10.2. The molecule has 0 bridgehead atoms. The summed E-state index contributed by atoms with van der Waals surface area (Å²) in [5, 5.41) is 0. The van der Waals surface area contributed by atoms with Gasteiger partial charge in [-0.1, -0.05) is 18.2 Å². The van der Waals surface area contributed by atoms with E-state index in [1.54, 1.807) is 18.2 Å². The number of hydrogen-bond acceptors (Lipinski definition) is 3. The van der Waals surface area contributed by atoms with Crippen LogP contribution in [0.5, 0.6) is 5.75 Å². The number of hydrogen-bond donors (Lipinski definition) is 1. The topological polar surface area (TPSA) is 63.6 Å². The summed E-state index contributed by atoms with van der Waals surface area (Å²) in [6.45, 7) is 0.176. The van der Waals surface area contributed by atoms with Crippen molar-refractivity contribution in [2.45, 2.75) is 11.5 Å². The van der Waals surface area contributed by atoms with E-state index in [1.807, 2.05) is 0 Å². The standard InChI is InChI=1S/C13H11FO4S/c14-11-6-4-10(5-7-11)9-18-12-2-1-3-13(8-12)19(15,16)17/h1-8H,9H2,(H,15,16,17). The normalized spacial score (nSPS) is 11.3. The Morgan fingerprint density at radius 3 is 2.42 bits per heavy atom. The molecule has 0 fully saturated rings. The van der Waals surface area contributed by atoms with Gasteiger partial charge >= 0.3 is 0 Å². The first-order valence-corrected chi connectivity index (χ1v) is 6.84. The van der Waals surface area contributed by atoms with Crippen LogP contribution in [0.15, 0.2) is 53.4 Å². The fourth-order valence-electron chi connectivity index (χ4n) is 1.47. The Labute approximate surface area is 110 Å². The van der Waals surface area contributed by atoms with Crippen LogP contribution in [-0.4, -0.2) is 13.0 Å². The molecule has 0 aliphatic carbocycles. The van der Waals surface area contributed by atoms with Crippen LogP contribution < -0.4 is 4.74 Å². The molecule has 0 amide bonds. The van der Waals surface area contributed by atoms with E-state index in [-0.39, 0.29) is 17.3 Å². The molecule has 0 aliphatic rings. The van der Waals surface area contributed by atoms with Gasteiger partial charge in [-0.25, -0.2) is 4.39 Å². The van der Waals surface area contributed by atoms with E-state index in [9.17, 15) is 12.8 Å². The first-order chi connectivity index (χ1) is 8.95. The molecule has 0 aliphatic heterocycles. The number of halogens is 1. The van der Waals surface area contributed by atoms with Crippen molar-refractivity contribution in [3.8, 4) is 5.75 Å². The molecular formula is C13H11FO4S. The Kier molecular flexibility index (Phi) is 3.82. The van der Waals surface area contributed by atoms with Crippen molar-refractivity contribution < 1.29 is 22.1 Å². The molecule has 19 heavy (non-hydrogen) atoms. The molecule has 0 saturated carbocycles. The molecular weight excluding hydrogens is 271 g/mol. The van der Waals surface area contributed by atoms with E-state index in [0.29, 0.717) is 5.75 Å². The van der Waals surface area contributed by atoms with E-state index in [2.05, 4.69) is 0 Å². The highest BCUT2D eigenvalue weighted by molar-refractivity contribution is 7.85. The Hall–Kier alpha value is -1.92. The molecule has 2 rings (SSSR count). The minimum atomic E-state index is -4.24. The maximum Gasteiger partial charge on any atom is 0.294 e. The van der Waals surface area contributed by atoms with Crippen LogP contribution in [0.2, 0.25) is 0 Å². The lowest BCUT2D eigenvalue weighted by molar-refractivity contribution is 0.305. The van der Waals surface area contributed by atoms with Crippen LogP contribution in [0.3, 0.4) is 0 Å². The second-order valence-electron chi connectivity index (χ2n) is 3.87. The van der Waals surface area contributed by atoms with E-state index in [1.165, 1.54) is 30.3 Å². The molecule has 0 saturated heterocycles. The van der Waals surface area contributed by atoms with Gasteiger partial charge in [0.2, 0.25) is 0 Å². The van der Waals surface area contributed by atoms with Gasteiger partial charge in [0.15, 0.2) is 0 Å². The monoisotopic (exact) mass is 282 g/mol. The molecule has 100 valence electrons. The lowest BCUT2D eigenvalue weighted by Crippen LogP contribution is -2.00. The lowest BCUT2D eigenvalue weighted by Gasteiger charge is -2.07. The van der Waals surface area contributed by atoms with Crippen molar-refractivity contribution >= 4 is 10.1 Å². The highest BCUT2D eigenvalue weighted by Gasteiger charge is 2.09. The molecule has 0 aromatic heterocycles. The van der Waals surface area contributed by atoms with Gasteiger partial charge in [-0.2, -0.15) is 8.42 Å². The Morgan fingerprint density at radius 2 is 1.79 bits per heavy atom. The molecule has 0 spiro atoms. The van der Waals surface area contributed by atoms with Gasteiger partial charge in [0.05, 0.1) is 4.90 Å². The SMILES string of the molecule is O=S(=O)(O)c1cccc(OCc2ccc(F)cc2)c1. The quantitative estimate of drug-likeness (QED) is 0.876. The Morgan fingerprint density at radius 1 is 1.11 bits per heavy atom.